The zero-order valence-corrected chi connectivity index (χ0v) is 19.3. The number of benzene rings is 3. The highest BCUT2D eigenvalue weighted by atomic mass is 79.9. The molecule has 1 aromatic heterocycles. The SMILES string of the molecule is COc1ccc(-c2nc(S(=O)(=O)c3ccc(Br)cc3)c(NCc3ccc(F)cc3)o2)cc1. The van der Waals surface area contributed by atoms with E-state index in [-0.39, 0.29) is 34.1 Å². The summed E-state index contributed by atoms with van der Waals surface area (Å²) in [6.45, 7) is 0.223. The van der Waals surface area contributed by atoms with Gasteiger partial charge in [0.05, 0.1) is 12.0 Å². The molecule has 3 aromatic carbocycles. The zero-order chi connectivity index (χ0) is 22.7. The van der Waals surface area contributed by atoms with Crippen molar-refractivity contribution >= 4 is 31.7 Å². The average Bonchev–Trinajstić information content (AvgIpc) is 3.24. The lowest BCUT2D eigenvalue weighted by molar-refractivity contribution is 0.415. The second kappa shape index (κ2) is 9.13. The summed E-state index contributed by atoms with van der Waals surface area (Å²) < 4.78 is 51.6. The molecule has 4 aromatic rings. The van der Waals surface area contributed by atoms with Crippen LogP contribution in [0.4, 0.5) is 10.3 Å². The third kappa shape index (κ3) is 4.68. The third-order valence-electron chi connectivity index (χ3n) is 4.68. The molecule has 6 nitrogen and oxygen atoms in total. The molecule has 0 saturated carbocycles. The van der Waals surface area contributed by atoms with Crippen molar-refractivity contribution in [3.05, 3.63) is 88.6 Å². The van der Waals surface area contributed by atoms with Crippen molar-refractivity contribution in [2.45, 2.75) is 16.5 Å². The molecule has 0 atom stereocenters. The number of hydrogen-bond donors (Lipinski definition) is 1. The second-order valence-electron chi connectivity index (χ2n) is 6.82. The number of nitrogens with one attached hydrogen (secondary N) is 1. The monoisotopic (exact) mass is 516 g/mol. The van der Waals surface area contributed by atoms with Crippen LogP contribution in [-0.4, -0.2) is 20.5 Å². The largest absolute Gasteiger partial charge is 0.497 e. The topological polar surface area (TPSA) is 81.4 Å². The first-order valence-electron chi connectivity index (χ1n) is 9.51. The molecule has 9 heteroatoms. The van der Waals surface area contributed by atoms with Crippen LogP contribution < -0.4 is 10.1 Å². The van der Waals surface area contributed by atoms with E-state index in [9.17, 15) is 12.8 Å². The smallest absolute Gasteiger partial charge is 0.234 e. The van der Waals surface area contributed by atoms with Gasteiger partial charge in [-0.05, 0) is 66.2 Å². The van der Waals surface area contributed by atoms with Gasteiger partial charge in [0, 0.05) is 16.6 Å². The quantitative estimate of drug-likeness (QED) is 0.339. The fourth-order valence-electron chi connectivity index (χ4n) is 2.97. The summed E-state index contributed by atoms with van der Waals surface area (Å²) in [5, 5.41) is 2.76. The summed E-state index contributed by atoms with van der Waals surface area (Å²) in [5.74, 6) is 0.444. The molecule has 32 heavy (non-hydrogen) atoms. The van der Waals surface area contributed by atoms with Crippen molar-refractivity contribution in [1.29, 1.82) is 0 Å². The molecular weight excluding hydrogens is 499 g/mol. The summed E-state index contributed by atoms with van der Waals surface area (Å²) >= 11 is 3.31. The molecule has 4 rings (SSSR count). The number of anilines is 1. The average molecular weight is 517 g/mol. The minimum Gasteiger partial charge on any atom is -0.497 e. The first-order chi connectivity index (χ1) is 15.4. The number of oxazole rings is 1. The molecular formula is C23H18BrFN2O4S. The van der Waals surface area contributed by atoms with Gasteiger partial charge in [-0.25, -0.2) is 12.8 Å². The molecule has 0 aliphatic carbocycles. The highest BCUT2D eigenvalue weighted by Crippen LogP contribution is 2.33. The van der Waals surface area contributed by atoms with Gasteiger partial charge in [0.15, 0.2) is 0 Å². The summed E-state index contributed by atoms with van der Waals surface area (Å²) in [6, 6.07) is 19.1. The van der Waals surface area contributed by atoms with Gasteiger partial charge in [-0.3, -0.25) is 0 Å². The lowest BCUT2D eigenvalue weighted by atomic mass is 10.2. The number of nitrogens with zero attached hydrogens (tertiary/aromatic N) is 1. The first kappa shape index (κ1) is 22.0. The number of halogens is 2. The van der Waals surface area contributed by atoms with E-state index in [4.69, 9.17) is 9.15 Å². The van der Waals surface area contributed by atoms with Crippen molar-refractivity contribution in [2.75, 3.05) is 12.4 Å². The van der Waals surface area contributed by atoms with Gasteiger partial charge >= 0.3 is 0 Å². The Labute approximate surface area is 193 Å². The van der Waals surface area contributed by atoms with Crippen LogP contribution in [0.1, 0.15) is 5.56 Å². The fourth-order valence-corrected chi connectivity index (χ4v) is 4.51. The second-order valence-corrected chi connectivity index (χ2v) is 9.60. The van der Waals surface area contributed by atoms with Crippen LogP contribution in [0.25, 0.3) is 11.5 Å². The lowest BCUT2D eigenvalue weighted by Gasteiger charge is -2.06. The fraction of sp³-hybridized carbons (Fsp3) is 0.0870. The van der Waals surface area contributed by atoms with E-state index in [2.05, 4.69) is 26.2 Å². The van der Waals surface area contributed by atoms with Crippen LogP contribution in [-0.2, 0) is 16.4 Å². The molecule has 164 valence electrons. The van der Waals surface area contributed by atoms with E-state index in [0.29, 0.717) is 11.3 Å². The molecule has 0 aliphatic rings. The van der Waals surface area contributed by atoms with Crippen molar-refractivity contribution in [1.82, 2.24) is 4.98 Å². The Morgan fingerprint density at radius 2 is 1.66 bits per heavy atom. The summed E-state index contributed by atoms with van der Waals surface area (Å²) in [7, 11) is -2.41. The Morgan fingerprint density at radius 3 is 2.28 bits per heavy atom. The van der Waals surface area contributed by atoms with E-state index in [1.807, 2.05) is 0 Å². The third-order valence-corrected chi connectivity index (χ3v) is 6.89. The van der Waals surface area contributed by atoms with Gasteiger partial charge in [-0.1, -0.05) is 28.1 Å². The maximum Gasteiger partial charge on any atom is 0.234 e. The van der Waals surface area contributed by atoms with Gasteiger partial charge < -0.3 is 14.5 Å². The summed E-state index contributed by atoms with van der Waals surface area (Å²) in [4.78, 5) is 4.39. The summed E-state index contributed by atoms with van der Waals surface area (Å²) in [5.41, 5.74) is 1.34. The van der Waals surface area contributed by atoms with Gasteiger partial charge in [0.1, 0.15) is 11.6 Å². The van der Waals surface area contributed by atoms with Crippen LogP contribution in [0.15, 0.2) is 91.6 Å². The Balaban J connectivity index is 1.74. The number of aromatic nitrogens is 1. The maximum absolute atomic E-state index is 13.3. The standard InChI is InChI=1S/C23H18BrFN2O4S/c1-30-19-10-4-16(5-11-19)21-27-23(32(28,29)20-12-6-17(24)7-13-20)22(31-21)26-14-15-2-8-18(25)9-3-15/h2-13,26H,14H2,1H3. The van der Waals surface area contributed by atoms with Gasteiger partial charge in [0.2, 0.25) is 26.6 Å². The number of methoxy groups -OCH3 is 1. The van der Waals surface area contributed by atoms with E-state index >= 15 is 0 Å². The number of hydrogen-bond acceptors (Lipinski definition) is 6. The van der Waals surface area contributed by atoms with Gasteiger partial charge in [-0.2, -0.15) is 4.98 Å². The van der Waals surface area contributed by atoms with Crippen LogP contribution >= 0.6 is 15.9 Å². The van der Waals surface area contributed by atoms with Crippen LogP contribution in [0.5, 0.6) is 5.75 Å². The molecule has 0 aliphatic heterocycles. The van der Waals surface area contributed by atoms with Crippen molar-refractivity contribution in [2.24, 2.45) is 0 Å². The zero-order valence-electron chi connectivity index (χ0n) is 16.9. The molecule has 1 heterocycles. The maximum atomic E-state index is 13.3. The van der Waals surface area contributed by atoms with Crippen LogP contribution in [0, 0.1) is 5.82 Å². The Bertz CT molecular complexity index is 1320. The van der Waals surface area contributed by atoms with E-state index in [0.717, 1.165) is 10.0 Å². The molecule has 0 radical (unpaired) electrons. The molecule has 0 fully saturated rings. The number of ether oxygens (including phenoxy) is 1. The summed E-state index contributed by atoms with van der Waals surface area (Å²) in [6.07, 6.45) is 0. The molecule has 0 unspecified atom stereocenters. The highest BCUT2D eigenvalue weighted by molar-refractivity contribution is 9.10. The van der Waals surface area contributed by atoms with Crippen molar-refractivity contribution < 1.29 is 22.0 Å². The predicted molar refractivity (Wildman–Crippen MR) is 122 cm³/mol. The van der Waals surface area contributed by atoms with Crippen molar-refractivity contribution in [3.8, 4) is 17.2 Å². The lowest BCUT2D eigenvalue weighted by Crippen LogP contribution is -2.07. The predicted octanol–water partition coefficient (Wildman–Crippen LogP) is 5.70. The molecule has 0 amide bonds. The molecule has 0 bridgehead atoms. The van der Waals surface area contributed by atoms with Crippen LogP contribution in [0.3, 0.4) is 0 Å². The molecule has 1 N–H and O–H groups in total. The normalized spacial score (nSPS) is 11.3. The van der Waals surface area contributed by atoms with E-state index in [1.165, 1.54) is 24.3 Å². The first-order valence-corrected chi connectivity index (χ1v) is 11.8. The Hall–Kier alpha value is -3.17. The highest BCUT2D eigenvalue weighted by Gasteiger charge is 2.28. The molecule has 0 spiro atoms. The van der Waals surface area contributed by atoms with E-state index in [1.54, 1.807) is 55.6 Å². The minimum absolute atomic E-state index is 0.00284. The number of sulfone groups is 1. The van der Waals surface area contributed by atoms with E-state index < -0.39 is 9.84 Å². The Morgan fingerprint density at radius 1 is 1.00 bits per heavy atom. The van der Waals surface area contributed by atoms with Crippen LogP contribution in [0.2, 0.25) is 0 Å². The van der Waals surface area contributed by atoms with Gasteiger partial charge in [0.25, 0.3) is 0 Å². The number of rotatable bonds is 7. The minimum atomic E-state index is -3.97. The molecule has 0 saturated heterocycles. The Kier molecular flexibility index (Phi) is 6.29. The van der Waals surface area contributed by atoms with Gasteiger partial charge in [-0.15, -0.1) is 0 Å². The van der Waals surface area contributed by atoms with Crippen molar-refractivity contribution in [3.63, 3.8) is 0 Å².